The molecule has 74 valence electrons. The van der Waals surface area contributed by atoms with Gasteiger partial charge in [-0.15, -0.1) is 0 Å². The lowest BCUT2D eigenvalue weighted by Crippen LogP contribution is -2.07. The summed E-state index contributed by atoms with van der Waals surface area (Å²) >= 11 is 0. The maximum absolute atomic E-state index is 10.4. The molecule has 5 N–H and O–H groups in total. The lowest BCUT2D eigenvalue weighted by Gasteiger charge is -2.11. The molecule has 0 aliphatic carbocycles. The standard InChI is InChI=1S/C6H16NO4P/c7-5-3-1-2-4-6(8)12(9,10)11/h6,8H,1-5,7H2,(H2,9,10,11). The second kappa shape index (κ2) is 5.67. The van der Waals surface area contributed by atoms with Crippen molar-refractivity contribution in [3.63, 3.8) is 0 Å². The van der Waals surface area contributed by atoms with Crippen molar-refractivity contribution in [1.82, 2.24) is 0 Å². The van der Waals surface area contributed by atoms with Gasteiger partial charge in [-0.2, -0.15) is 0 Å². The number of hydrogen-bond donors (Lipinski definition) is 4. The quantitative estimate of drug-likeness (QED) is 0.354. The first-order valence-electron chi connectivity index (χ1n) is 3.92. The van der Waals surface area contributed by atoms with E-state index in [0.717, 1.165) is 12.8 Å². The van der Waals surface area contributed by atoms with E-state index in [9.17, 15) is 4.57 Å². The molecule has 0 aromatic carbocycles. The normalized spacial score (nSPS) is 14.7. The van der Waals surface area contributed by atoms with Crippen molar-refractivity contribution >= 4 is 7.60 Å². The highest BCUT2D eigenvalue weighted by Crippen LogP contribution is 2.41. The SMILES string of the molecule is NCCCCCC(O)P(=O)(O)O. The summed E-state index contributed by atoms with van der Waals surface area (Å²) in [6.45, 7) is 0.575. The molecule has 0 rings (SSSR count). The highest BCUT2D eigenvalue weighted by Gasteiger charge is 2.24. The summed E-state index contributed by atoms with van der Waals surface area (Å²) in [5.74, 6) is -1.50. The number of rotatable bonds is 6. The van der Waals surface area contributed by atoms with E-state index >= 15 is 0 Å². The number of hydrogen-bond acceptors (Lipinski definition) is 3. The van der Waals surface area contributed by atoms with E-state index in [1.807, 2.05) is 0 Å². The summed E-state index contributed by atoms with van der Waals surface area (Å²) in [6.07, 6.45) is 2.37. The van der Waals surface area contributed by atoms with E-state index in [1.54, 1.807) is 0 Å². The predicted molar refractivity (Wildman–Crippen MR) is 45.6 cm³/mol. The summed E-state index contributed by atoms with van der Waals surface area (Å²) in [4.78, 5) is 17.0. The highest BCUT2D eigenvalue weighted by atomic mass is 31.2. The molecule has 0 amide bonds. The number of unbranched alkanes of at least 4 members (excludes halogenated alkanes) is 2. The van der Waals surface area contributed by atoms with Crippen molar-refractivity contribution in [1.29, 1.82) is 0 Å². The summed E-state index contributed by atoms with van der Waals surface area (Å²) in [7, 11) is -4.28. The smallest absolute Gasteiger partial charge is 0.353 e. The molecular formula is C6H16NO4P. The Balaban J connectivity index is 3.45. The van der Waals surface area contributed by atoms with Crippen LogP contribution in [0, 0.1) is 0 Å². The molecule has 1 atom stereocenters. The molecule has 0 aliphatic heterocycles. The van der Waals surface area contributed by atoms with Gasteiger partial charge in [0.25, 0.3) is 0 Å². The van der Waals surface area contributed by atoms with Crippen LogP contribution in [-0.4, -0.2) is 27.3 Å². The maximum Gasteiger partial charge on any atom is 0.353 e. The number of aliphatic hydroxyl groups is 1. The minimum Gasteiger partial charge on any atom is -0.380 e. The lowest BCUT2D eigenvalue weighted by molar-refractivity contribution is 0.190. The van der Waals surface area contributed by atoms with Gasteiger partial charge in [-0.1, -0.05) is 12.8 Å². The van der Waals surface area contributed by atoms with Crippen LogP contribution in [0.3, 0.4) is 0 Å². The van der Waals surface area contributed by atoms with E-state index in [4.69, 9.17) is 20.6 Å². The van der Waals surface area contributed by atoms with Gasteiger partial charge in [-0.05, 0) is 19.4 Å². The van der Waals surface area contributed by atoms with E-state index in [0.29, 0.717) is 13.0 Å². The van der Waals surface area contributed by atoms with Gasteiger partial charge in [-0.25, -0.2) is 0 Å². The molecule has 6 heteroatoms. The molecular weight excluding hydrogens is 181 g/mol. The Bertz CT molecular complexity index is 158. The zero-order chi connectivity index (χ0) is 9.61. The predicted octanol–water partition coefficient (Wildman–Crippen LogP) is 0.00160. The Morgan fingerprint density at radius 1 is 1.25 bits per heavy atom. The second-order valence-electron chi connectivity index (χ2n) is 2.71. The van der Waals surface area contributed by atoms with Crippen molar-refractivity contribution in [2.75, 3.05) is 6.54 Å². The van der Waals surface area contributed by atoms with Gasteiger partial charge in [0, 0.05) is 0 Å². The average molecular weight is 197 g/mol. The minimum atomic E-state index is -4.28. The first-order valence-corrected chi connectivity index (χ1v) is 5.60. The van der Waals surface area contributed by atoms with E-state index < -0.39 is 13.4 Å². The molecule has 0 saturated carbocycles. The van der Waals surface area contributed by atoms with Crippen LogP contribution in [0.4, 0.5) is 0 Å². The third kappa shape index (κ3) is 5.69. The van der Waals surface area contributed by atoms with Gasteiger partial charge in [0.2, 0.25) is 0 Å². The molecule has 5 nitrogen and oxygen atoms in total. The third-order valence-corrected chi connectivity index (χ3v) is 2.59. The molecule has 12 heavy (non-hydrogen) atoms. The van der Waals surface area contributed by atoms with Gasteiger partial charge < -0.3 is 20.6 Å². The maximum atomic E-state index is 10.4. The third-order valence-electron chi connectivity index (χ3n) is 1.55. The number of nitrogens with two attached hydrogens (primary N) is 1. The monoisotopic (exact) mass is 197 g/mol. The first kappa shape index (κ1) is 12.1. The fraction of sp³-hybridized carbons (Fsp3) is 1.00. The van der Waals surface area contributed by atoms with Crippen LogP contribution >= 0.6 is 7.60 Å². The van der Waals surface area contributed by atoms with Crippen LogP contribution in [0.2, 0.25) is 0 Å². The van der Waals surface area contributed by atoms with E-state index in [2.05, 4.69) is 0 Å². The van der Waals surface area contributed by atoms with Gasteiger partial charge in [-0.3, -0.25) is 4.57 Å². The van der Waals surface area contributed by atoms with Gasteiger partial charge in [0.1, 0.15) is 0 Å². The van der Waals surface area contributed by atoms with Crippen LogP contribution in [0.1, 0.15) is 25.7 Å². The largest absolute Gasteiger partial charge is 0.380 e. The Kier molecular flexibility index (Phi) is 5.70. The molecule has 0 heterocycles. The van der Waals surface area contributed by atoms with Gasteiger partial charge in [0.15, 0.2) is 5.85 Å². The molecule has 0 aromatic heterocycles. The Labute approximate surface area is 71.7 Å². The molecule has 0 radical (unpaired) electrons. The zero-order valence-electron chi connectivity index (χ0n) is 6.89. The Morgan fingerprint density at radius 2 is 1.83 bits per heavy atom. The molecule has 1 unspecified atom stereocenters. The van der Waals surface area contributed by atoms with Gasteiger partial charge >= 0.3 is 7.60 Å². The summed E-state index contributed by atoms with van der Waals surface area (Å²) in [5.41, 5.74) is 5.22. The Hall–Kier alpha value is 0.0700. The molecule has 0 spiro atoms. The summed E-state index contributed by atoms with van der Waals surface area (Å²) in [5, 5.41) is 8.89. The second-order valence-corrected chi connectivity index (χ2v) is 4.48. The van der Waals surface area contributed by atoms with Crippen molar-refractivity contribution in [2.45, 2.75) is 31.5 Å². The first-order chi connectivity index (χ1) is 5.48. The molecule has 0 aliphatic rings. The van der Waals surface area contributed by atoms with Crippen LogP contribution in [0.15, 0.2) is 0 Å². The van der Waals surface area contributed by atoms with E-state index in [-0.39, 0.29) is 6.42 Å². The molecule has 0 saturated heterocycles. The van der Waals surface area contributed by atoms with Gasteiger partial charge in [0.05, 0.1) is 0 Å². The van der Waals surface area contributed by atoms with E-state index in [1.165, 1.54) is 0 Å². The van der Waals surface area contributed by atoms with Crippen molar-refractivity contribution in [2.24, 2.45) is 5.73 Å². The van der Waals surface area contributed by atoms with Crippen molar-refractivity contribution in [3.8, 4) is 0 Å². The molecule has 0 bridgehead atoms. The minimum absolute atomic E-state index is 0.143. The zero-order valence-corrected chi connectivity index (χ0v) is 7.78. The average Bonchev–Trinajstić information content (AvgIpc) is 1.96. The van der Waals surface area contributed by atoms with Crippen LogP contribution in [0.5, 0.6) is 0 Å². The highest BCUT2D eigenvalue weighted by molar-refractivity contribution is 7.52. The van der Waals surface area contributed by atoms with Crippen LogP contribution in [-0.2, 0) is 4.57 Å². The summed E-state index contributed by atoms with van der Waals surface area (Å²) in [6, 6.07) is 0. The van der Waals surface area contributed by atoms with Crippen molar-refractivity contribution in [3.05, 3.63) is 0 Å². The lowest BCUT2D eigenvalue weighted by atomic mass is 10.2. The van der Waals surface area contributed by atoms with Crippen LogP contribution in [0.25, 0.3) is 0 Å². The molecule has 0 aromatic rings. The van der Waals surface area contributed by atoms with Crippen molar-refractivity contribution < 1.29 is 19.5 Å². The fourth-order valence-electron chi connectivity index (χ4n) is 0.816. The topological polar surface area (TPSA) is 104 Å². The summed E-state index contributed by atoms with van der Waals surface area (Å²) < 4.78 is 10.4. The Morgan fingerprint density at radius 3 is 2.25 bits per heavy atom. The fourth-order valence-corrected chi connectivity index (χ4v) is 1.34. The molecule has 0 fully saturated rings. The number of aliphatic hydroxyl groups excluding tert-OH is 1. The van der Waals surface area contributed by atoms with Crippen LogP contribution < -0.4 is 5.73 Å².